The van der Waals surface area contributed by atoms with Crippen LogP contribution in [0.2, 0.25) is 0 Å². The highest BCUT2D eigenvalue weighted by Crippen LogP contribution is 2.38. The largest absolute Gasteiger partial charge is 0.479 e. The SMILES string of the molecule is CC(C)C[C@H](OC(=O)CCNC(=O)CNC(=O)/C=C/CC[C@H](C)C1O[C@@H]1C1=CCCC=C1)C(=O)O. The van der Waals surface area contributed by atoms with Gasteiger partial charge in [0.05, 0.1) is 19.1 Å². The van der Waals surface area contributed by atoms with Crippen molar-refractivity contribution < 1.29 is 33.8 Å². The molecule has 1 aliphatic heterocycles. The number of aliphatic carboxylic acids is 1. The normalized spacial score (nSPS) is 20.7. The number of epoxide rings is 1. The fourth-order valence-electron chi connectivity index (χ4n) is 3.82. The van der Waals surface area contributed by atoms with Crippen molar-refractivity contribution in [3.63, 3.8) is 0 Å². The second kappa shape index (κ2) is 14.5. The fraction of sp³-hybridized carbons (Fsp3) is 0.615. The Balaban J connectivity index is 1.54. The van der Waals surface area contributed by atoms with Crippen molar-refractivity contribution in [1.29, 1.82) is 0 Å². The van der Waals surface area contributed by atoms with Gasteiger partial charge in [-0.05, 0) is 55.6 Å². The summed E-state index contributed by atoms with van der Waals surface area (Å²) in [5.41, 5.74) is 1.27. The number of amides is 2. The molecule has 9 nitrogen and oxygen atoms in total. The van der Waals surface area contributed by atoms with E-state index in [0.717, 1.165) is 25.7 Å². The van der Waals surface area contributed by atoms with Gasteiger partial charge in [-0.25, -0.2) is 4.79 Å². The number of esters is 1. The summed E-state index contributed by atoms with van der Waals surface area (Å²) in [4.78, 5) is 46.7. The molecule has 2 aliphatic rings. The van der Waals surface area contributed by atoms with Gasteiger partial charge in [-0.15, -0.1) is 0 Å². The predicted octanol–water partition coefficient (Wildman–Crippen LogP) is 2.67. The standard InChI is InChI=1S/C26H38N2O7/c1-17(2)15-20(26(32)33)34-23(31)13-14-27-22(30)16-28-21(29)12-8-7-9-18(3)24-25(35-24)19-10-5-4-6-11-19/h5,8,10-12,17-18,20,24-25H,4,6-7,9,13-16H2,1-3H3,(H,27,30)(H,28,29)(H,32,33)/b12-8+/t18-,20-,24?,25+/m0/s1. The van der Waals surface area contributed by atoms with Gasteiger partial charge in [0.2, 0.25) is 11.8 Å². The topological polar surface area (TPSA) is 134 Å². The summed E-state index contributed by atoms with van der Waals surface area (Å²) in [5.74, 6) is -2.27. The van der Waals surface area contributed by atoms with E-state index >= 15 is 0 Å². The number of carboxylic acid groups (broad SMARTS) is 1. The Hall–Kier alpha value is -2.94. The summed E-state index contributed by atoms with van der Waals surface area (Å²) in [7, 11) is 0. The predicted molar refractivity (Wildman–Crippen MR) is 130 cm³/mol. The summed E-state index contributed by atoms with van der Waals surface area (Å²) in [6.45, 7) is 5.59. The minimum Gasteiger partial charge on any atom is -0.479 e. The zero-order valence-electron chi connectivity index (χ0n) is 20.8. The molecule has 1 fully saturated rings. The van der Waals surface area contributed by atoms with Crippen molar-refractivity contribution >= 4 is 23.8 Å². The van der Waals surface area contributed by atoms with E-state index in [9.17, 15) is 19.2 Å². The van der Waals surface area contributed by atoms with Gasteiger partial charge in [0, 0.05) is 6.54 Å². The molecule has 1 aliphatic carbocycles. The lowest BCUT2D eigenvalue weighted by Gasteiger charge is -2.15. The van der Waals surface area contributed by atoms with E-state index in [1.54, 1.807) is 6.08 Å². The maximum Gasteiger partial charge on any atom is 0.345 e. The van der Waals surface area contributed by atoms with Crippen molar-refractivity contribution in [2.24, 2.45) is 11.8 Å². The molecule has 2 rings (SSSR count). The Bertz CT molecular complexity index is 847. The molecular formula is C26H38N2O7. The quantitative estimate of drug-likeness (QED) is 0.182. The summed E-state index contributed by atoms with van der Waals surface area (Å²) in [5, 5.41) is 14.1. The van der Waals surface area contributed by atoms with E-state index in [1.807, 2.05) is 13.8 Å². The second-order valence-electron chi connectivity index (χ2n) is 9.43. The molecule has 0 aromatic carbocycles. The molecule has 3 N–H and O–H groups in total. The van der Waals surface area contributed by atoms with Crippen LogP contribution in [0.5, 0.6) is 0 Å². The van der Waals surface area contributed by atoms with Gasteiger partial charge < -0.3 is 25.2 Å². The van der Waals surface area contributed by atoms with Crippen molar-refractivity contribution in [3.05, 3.63) is 36.0 Å². The minimum absolute atomic E-state index is 0.00773. The van der Waals surface area contributed by atoms with E-state index in [4.69, 9.17) is 14.6 Å². The molecule has 1 unspecified atom stereocenters. The van der Waals surface area contributed by atoms with Gasteiger partial charge >= 0.3 is 11.9 Å². The highest BCUT2D eigenvalue weighted by atomic mass is 16.6. The third-order valence-electron chi connectivity index (χ3n) is 5.81. The molecule has 0 saturated carbocycles. The van der Waals surface area contributed by atoms with Gasteiger partial charge in [0.25, 0.3) is 0 Å². The zero-order valence-corrected chi connectivity index (χ0v) is 20.8. The maximum atomic E-state index is 11.9. The third kappa shape index (κ3) is 10.9. The van der Waals surface area contributed by atoms with Crippen LogP contribution >= 0.6 is 0 Å². The van der Waals surface area contributed by atoms with Crippen molar-refractivity contribution in [2.75, 3.05) is 13.1 Å². The average molecular weight is 491 g/mol. The van der Waals surface area contributed by atoms with Crippen LogP contribution in [-0.4, -0.2) is 60.3 Å². The number of ether oxygens (including phenoxy) is 2. The molecule has 0 bridgehead atoms. The first-order valence-corrected chi connectivity index (χ1v) is 12.3. The van der Waals surface area contributed by atoms with E-state index in [0.29, 0.717) is 5.92 Å². The van der Waals surface area contributed by atoms with E-state index < -0.39 is 23.9 Å². The monoisotopic (exact) mass is 490 g/mol. The zero-order chi connectivity index (χ0) is 25.8. The first-order chi connectivity index (χ1) is 16.7. The third-order valence-corrected chi connectivity index (χ3v) is 5.81. The lowest BCUT2D eigenvalue weighted by atomic mass is 9.94. The molecule has 0 spiro atoms. The van der Waals surface area contributed by atoms with Gasteiger partial charge in [0.1, 0.15) is 6.10 Å². The highest BCUT2D eigenvalue weighted by Gasteiger charge is 2.44. The Kier molecular flexibility index (Phi) is 11.7. The number of carbonyl (C=O) groups is 4. The first-order valence-electron chi connectivity index (χ1n) is 12.3. The lowest BCUT2D eigenvalue weighted by molar-refractivity contribution is -0.165. The minimum atomic E-state index is -1.20. The van der Waals surface area contributed by atoms with E-state index in [2.05, 4.69) is 35.8 Å². The summed E-state index contributed by atoms with van der Waals surface area (Å²) in [6.07, 6.45) is 12.9. The number of hydrogen-bond acceptors (Lipinski definition) is 6. The number of allylic oxidation sites excluding steroid dienone is 3. The molecule has 35 heavy (non-hydrogen) atoms. The summed E-state index contributed by atoms with van der Waals surface area (Å²) < 4.78 is 10.8. The molecular weight excluding hydrogens is 452 g/mol. The molecule has 0 aromatic heterocycles. The van der Waals surface area contributed by atoms with Crippen molar-refractivity contribution in [3.8, 4) is 0 Å². The Morgan fingerprint density at radius 2 is 1.97 bits per heavy atom. The van der Waals surface area contributed by atoms with E-state index in [-0.39, 0.29) is 50.0 Å². The van der Waals surface area contributed by atoms with Crippen LogP contribution < -0.4 is 10.6 Å². The molecule has 2 amide bonds. The number of carboxylic acids is 1. The van der Waals surface area contributed by atoms with Crippen molar-refractivity contribution in [1.82, 2.24) is 10.6 Å². The Morgan fingerprint density at radius 1 is 1.20 bits per heavy atom. The molecule has 1 saturated heterocycles. The van der Waals surface area contributed by atoms with Crippen LogP contribution in [0.1, 0.15) is 59.3 Å². The van der Waals surface area contributed by atoms with Crippen LogP contribution in [0, 0.1) is 11.8 Å². The number of nitrogens with one attached hydrogen (secondary N) is 2. The van der Waals surface area contributed by atoms with Gasteiger partial charge in [0.15, 0.2) is 6.10 Å². The first kappa shape index (κ1) is 28.3. The number of rotatable bonds is 15. The van der Waals surface area contributed by atoms with Crippen molar-refractivity contribution in [2.45, 2.75) is 77.6 Å². The van der Waals surface area contributed by atoms with Crippen LogP contribution in [0.25, 0.3) is 0 Å². The maximum absolute atomic E-state index is 11.9. The molecule has 4 atom stereocenters. The van der Waals surface area contributed by atoms with Gasteiger partial charge in [-0.1, -0.05) is 45.1 Å². The lowest BCUT2D eigenvalue weighted by Crippen LogP contribution is -2.37. The van der Waals surface area contributed by atoms with Gasteiger partial charge in [-0.2, -0.15) is 0 Å². The second-order valence-corrected chi connectivity index (χ2v) is 9.43. The van der Waals surface area contributed by atoms with Gasteiger partial charge in [-0.3, -0.25) is 14.4 Å². The Labute approximate surface area is 207 Å². The smallest absolute Gasteiger partial charge is 0.345 e. The van der Waals surface area contributed by atoms with Crippen LogP contribution in [0.4, 0.5) is 0 Å². The molecule has 194 valence electrons. The van der Waals surface area contributed by atoms with Crippen LogP contribution in [0.15, 0.2) is 36.0 Å². The summed E-state index contributed by atoms with van der Waals surface area (Å²) >= 11 is 0. The summed E-state index contributed by atoms with van der Waals surface area (Å²) in [6, 6.07) is 0. The molecule has 0 aromatic rings. The van der Waals surface area contributed by atoms with E-state index in [1.165, 1.54) is 11.6 Å². The Morgan fingerprint density at radius 3 is 2.63 bits per heavy atom. The number of carbonyl (C=O) groups excluding carboxylic acids is 3. The molecule has 9 heteroatoms. The fourth-order valence-corrected chi connectivity index (χ4v) is 3.82. The molecule has 1 heterocycles. The van der Waals surface area contributed by atoms with Crippen LogP contribution in [-0.2, 0) is 28.7 Å². The average Bonchev–Trinajstić information content (AvgIpc) is 3.61. The number of hydrogen-bond donors (Lipinski definition) is 3. The van der Waals surface area contributed by atoms with Crippen LogP contribution in [0.3, 0.4) is 0 Å². The highest BCUT2D eigenvalue weighted by molar-refractivity contribution is 5.91. The molecule has 0 radical (unpaired) electrons.